The van der Waals surface area contributed by atoms with Gasteiger partial charge in [0.2, 0.25) is 5.95 Å². The molecule has 1 amide bonds. The number of aryl methyl sites for hydroxylation is 2. The number of halogens is 2. The summed E-state index contributed by atoms with van der Waals surface area (Å²) in [6.07, 6.45) is 2.08. The monoisotopic (exact) mass is 913 g/mol. The Kier molecular flexibility index (Phi) is 10.7. The molecule has 57 heavy (non-hydrogen) atoms. The topological polar surface area (TPSA) is 164 Å². The van der Waals surface area contributed by atoms with Crippen LogP contribution in [0, 0.1) is 5.95 Å². The first kappa shape index (κ1) is 40.6. The average Bonchev–Trinajstić information content (AvgIpc) is 3.87. The molecule has 1 fully saturated rings. The Balaban J connectivity index is 1.57. The van der Waals surface area contributed by atoms with Crippen LogP contribution in [0.3, 0.4) is 0 Å². The van der Waals surface area contributed by atoms with Gasteiger partial charge in [-0.1, -0.05) is 65.1 Å². The van der Waals surface area contributed by atoms with Gasteiger partial charge in [-0.05, 0) is 70.2 Å². The number of hydrogen-bond donors (Lipinski definition) is 2. The highest BCUT2D eigenvalue weighted by molar-refractivity contribution is 14.1. The SMILES string of the molecule is COC(C)(CCI)c1ccc(-c2c(-c3cn(C)nc3F)n(S(=O)(=O)c3ccccc3)c3ncc4c(c23)n([C@@H]2C[C@@H](O)[C@@H](NC(=O)OC(C)(C)C)C2)c(=O)n4C)cc1. The smallest absolute Gasteiger partial charge is 0.407 e. The molecule has 0 aliphatic heterocycles. The molecule has 14 nitrogen and oxygen atoms in total. The normalized spacial score (nSPS) is 18.7. The van der Waals surface area contributed by atoms with Crippen molar-refractivity contribution in [3.05, 3.63) is 89.0 Å². The fraction of sp³-hybridized carbons (Fsp3) is 0.400. The number of fused-ring (bicyclic) bond motifs is 3. The number of imidazole rings is 1. The van der Waals surface area contributed by atoms with Crippen molar-refractivity contribution in [1.82, 2.24) is 33.2 Å². The van der Waals surface area contributed by atoms with E-state index < -0.39 is 57.1 Å². The molecule has 0 bridgehead atoms. The van der Waals surface area contributed by atoms with Gasteiger partial charge in [0, 0.05) is 43.4 Å². The summed E-state index contributed by atoms with van der Waals surface area (Å²) in [5, 5.41) is 18.2. The van der Waals surface area contributed by atoms with Gasteiger partial charge in [-0.3, -0.25) is 13.8 Å². The average molecular weight is 914 g/mol. The number of carbonyl (C=O) groups is 1. The van der Waals surface area contributed by atoms with Crippen molar-refractivity contribution in [2.75, 3.05) is 11.5 Å². The molecule has 302 valence electrons. The molecule has 0 radical (unpaired) electrons. The largest absolute Gasteiger partial charge is 0.444 e. The molecule has 4 aromatic heterocycles. The zero-order valence-electron chi connectivity index (χ0n) is 32.7. The van der Waals surface area contributed by atoms with Crippen molar-refractivity contribution >= 4 is 60.8 Å². The van der Waals surface area contributed by atoms with E-state index in [4.69, 9.17) is 14.5 Å². The number of nitrogens with zero attached hydrogens (tertiary/aromatic N) is 6. The van der Waals surface area contributed by atoms with E-state index in [1.54, 1.807) is 53.1 Å². The predicted octanol–water partition coefficient (Wildman–Crippen LogP) is 6.41. The van der Waals surface area contributed by atoms with Crippen molar-refractivity contribution in [3.8, 4) is 22.4 Å². The molecule has 6 aromatic rings. The molecule has 17 heteroatoms. The maximum absolute atomic E-state index is 16.1. The van der Waals surface area contributed by atoms with Crippen LogP contribution in [-0.4, -0.2) is 76.8 Å². The number of alkyl halides is 1. The number of carbonyl (C=O) groups excluding carboxylic acids is 1. The first-order chi connectivity index (χ1) is 26.9. The number of methoxy groups -OCH3 is 1. The second-order valence-corrected chi connectivity index (χ2v) is 18.5. The molecule has 1 aliphatic carbocycles. The zero-order valence-corrected chi connectivity index (χ0v) is 35.6. The number of pyridine rings is 1. The van der Waals surface area contributed by atoms with Gasteiger partial charge in [0.1, 0.15) is 5.60 Å². The number of aliphatic hydroxyl groups excluding tert-OH is 1. The molecular weight excluding hydrogens is 868 g/mol. The minimum Gasteiger partial charge on any atom is -0.444 e. The van der Waals surface area contributed by atoms with Crippen LogP contribution in [0.15, 0.2) is 76.7 Å². The number of nitrogens with one attached hydrogen (secondary N) is 1. The van der Waals surface area contributed by atoms with Crippen LogP contribution >= 0.6 is 22.6 Å². The third-order valence-electron chi connectivity index (χ3n) is 10.7. The number of amides is 1. The first-order valence-corrected chi connectivity index (χ1v) is 21.4. The summed E-state index contributed by atoms with van der Waals surface area (Å²) in [5.41, 5.74) is 0.391. The van der Waals surface area contributed by atoms with Crippen molar-refractivity contribution in [3.63, 3.8) is 0 Å². The van der Waals surface area contributed by atoms with Gasteiger partial charge >= 0.3 is 11.8 Å². The third kappa shape index (κ3) is 7.16. The molecule has 1 aliphatic rings. The fourth-order valence-corrected chi connectivity index (χ4v) is 10.3. The molecule has 4 atom stereocenters. The lowest BCUT2D eigenvalue weighted by Gasteiger charge is -2.28. The molecule has 2 aromatic carbocycles. The van der Waals surface area contributed by atoms with Crippen LogP contribution in [0.1, 0.15) is 58.6 Å². The summed E-state index contributed by atoms with van der Waals surface area (Å²) in [4.78, 5) is 31.8. The lowest BCUT2D eigenvalue weighted by atomic mass is 9.90. The Bertz CT molecular complexity index is 2670. The van der Waals surface area contributed by atoms with Crippen LogP contribution in [0.5, 0.6) is 0 Å². The maximum Gasteiger partial charge on any atom is 0.407 e. The molecule has 1 saturated carbocycles. The molecule has 7 rings (SSSR count). The number of benzene rings is 2. The van der Waals surface area contributed by atoms with E-state index in [0.717, 1.165) is 20.4 Å². The molecule has 0 spiro atoms. The Morgan fingerprint density at radius 1 is 1.07 bits per heavy atom. The zero-order chi connectivity index (χ0) is 41.2. The summed E-state index contributed by atoms with van der Waals surface area (Å²) in [7, 11) is 0.276. The van der Waals surface area contributed by atoms with Gasteiger partial charge in [0.25, 0.3) is 10.0 Å². The molecule has 0 saturated heterocycles. The van der Waals surface area contributed by atoms with Gasteiger partial charge in [0.05, 0.1) is 56.5 Å². The number of rotatable bonds is 10. The summed E-state index contributed by atoms with van der Waals surface area (Å²) >= 11 is 2.30. The minimum absolute atomic E-state index is 0.0345. The van der Waals surface area contributed by atoms with Crippen LogP contribution in [0.4, 0.5) is 9.18 Å². The number of hydrogen-bond acceptors (Lipinski definition) is 9. The van der Waals surface area contributed by atoms with E-state index in [-0.39, 0.29) is 40.0 Å². The predicted molar refractivity (Wildman–Crippen MR) is 222 cm³/mol. The lowest BCUT2D eigenvalue weighted by Crippen LogP contribution is -2.42. The van der Waals surface area contributed by atoms with Gasteiger partial charge in [0.15, 0.2) is 5.65 Å². The molecule has 4 heterocycles. The first-order valence-electron chi connectivity index (χ1n) is 18.4. The highest BCUT2D eigenvalue weighted by atomic mass is 127. The van der Waals surface area contributed by atoms with E-state index in [0.29, 0.717) is 22.2 Å². The summed E-state index contributed by atoms with van der Waals surface area (Å²) in [6, 6.07) is 13.8. The minimum atomic E-state index is -4.50. The number of alkyl carbamates (subject to hydrolysis) is 1. The van der Waals surface area contributed by atoms with Gasteiger partial charge < -0.3 is 19.9 Å². The Morgan fingerprint density at radius 3 is 2.35 bits per heavy atom. The molecule has 2 N–H and O–H groups in total. The second kappa shape index (κ2) is 15.0. The Labute approximate surface area is 342 Å². The summed E-state index contributed by atoms with van der Waals surface area (Å²) < 4.78 is 63.5. The van der Waals surface area contributed by atoms with Gasteiger partial charge in [-0.25, -0.2) is 27.0 Å². The second-order valence-electron chi connectivity index (χ2n) is 15.6. The maximum atomic E-state index is 16.1. The van der Waals surface area contributed by atoms with Crippen molar-refractivity contribution in [1.29, 1.82) is 0 Å². The van der Waals surface area contributed by atoms with E-state index in [9.17, 15) is 23.1 Å². The van der Waals surface area contributed by atoms with Crippen molar-refractivity contribution < 1.29 is 32.2 Å². The standard InChI is InChI=1S/C40H45FIN7O7S/c1-39(2,3)56-37(51)44-28-19-25(20-30(28)50)48-34-29(47(6)38(48)52)21-43-36-32(34)31(23-13-15-24(16-14-23)40(4,55-7)17-18-42)33(27-22-46(5)45-35(27)41)49(36)57(53,54)26-11-9-8-10-12-26/h8-16,21-22,25,28,30,50H,17-20H2,1-7H3,(H,44,51)/t25-,28-,30+,40?/m0/s1. The number of ether oxygens (including phenoxy) is 2. The lowest BCUT2D eigenvalue weighted by molar-refractivity contribution is 0.000224. The van der Waals surface area contributed by atoms with Gasteiger partial charge in [-0.2, -0.15) is 4.39 Å². The van der Waals surface area contributed by atoms with E-state index >= 15 is 4.39 Å². The van der Waals surface area contributed by atoms with Crippen molar-refractivity contribution in [2.45, 2.75) is 81.2 Å². The summed E-state index contributed by atoms with van der Waals surface area (Å²) in [5.74, 6) is -0.909. The molecular formula is C40H45FIN7O7S. The van der Waals surface area contributed by atoms with Gasteiger partial charge in [-0.15, -0.1) is 5.10 Å². The Hall–Kier alpha value is -4.59. The van der Waals surface area contributed by atoms with Crippen LogP contribution in [0.25, 0.3) is 44.5 Å². The fourth-order valence-electron chi connectivity index (χ4n) is 7.81. The third-order valence-corrected chi connectivity index (χ3v) is 12.9. The van der Waals surface area contributed by atoms with Crippen LogP contribution in [0.2, 0.25) is 0 Å². The highest BCUT2D eigenvalue weighted by Gasteiger charge is 2.40. The quantitative estimate of drug-likeness (QED) is 0.117. The summed E-state index contributed by atoms with van der Waals surface area (Å²) in [6.45, 7) is 7.19. The van der Waals surface area contributed by atoms with E-state index in [1.807, 2.05) is 31.2 Å². The van der Waals surface area contributed by atoms with E-state index in [2.05, 4.69) is 33.0 Å². The van der Waals surface area contributed by atoms with Crippen molar-refractivity contribution in [2.24, 2.45) is 14.1 Å². The highest BCUT2D eigenvalue weighted by Crippen LogP contribution is 2.47. The van der Waals surface area contributed by atoms with Crippen LogP contribution in [-0.2, 0) is 39.2 Å². The number of aliphatic hydroxyl groups is 1. The van der Waals surface area contributed by atoms with Crippen LogP contribution < -0.4 is 11.0 Å². The number of aromatic nitrogens is 6. The van der Waals surface area contributed by atoms with E-state index in [1.165, 1.54) is 45.4 Å². The Morgan fingerprint density at radius 2 is 1.75 bits per heavy atom. The molecule has 1 unspecified atom stereocenters.